The molecule has 5 heteroatoms. The van der Waals surface area contributed by atoms with Gasteiger partial charge in [0.05, 0.1) is 0 Å². The van der Waals surface area contributed by atoms with E-state index in [2.05, 4.69) is 12.2 Å². The van der Waals surface area contributed by atoms with Gasteiger partial charge >= 0.3 is 5.97 Å². The number of carbonyl (C=O) groups is 2. The molecule has 0 saturated carbocycles. The zero-order chi connectivity index (χ0) is 14.1. The van der Waals surface area contributed by atoms with Gasteiger partial charge < -0.3 is 15.3 Å². The fourth-order valence-electron chi connectivity index (χ4n) is 2.42. The molecule has 1 amide bonds. The SMILES string of the molecule is CCCCCCCCC(=O)N1CCNCC1C(=O)O. The third-order valence-corrected chi connectivity index (χ3v) is 3.59. The van der Waals surface area contributed by atoms with Crippen molar-refractivity contribution in [2.75, 3.05) is 19.6 Å². The Kier molecular flexibility index (Phi) is 7.48. The van der Waals surface area contributed by atoms with Crippen LogP contribution in [0, 0.1) is 0 Å². The first kappa shape index (κ1) is 16.0. The van der Waals surface area contributed by atoms with E-state index in [-0.39, 0.29) is 5.91 Å². The molecule has 5 nitrogen and oxygen atoms in total. The van der Waals surface area contributed by atoms with E-state index in [1.807, 2.05) is 0 Å². The van der Waals surface area contributed by atoms with Crippen LogP contribution in [-0.2, 0) is 9.59 Å². The molecule has 1 unspecified atom stereocenters. The van der Waals surface area contributed by atoms with Crippen LogP contribution in [0.4, 0.5) is 0 Å². The second-order valence-electron chi connectivity index (χ2n) is 5.16. The largest absolute Gasteiger partial charge is 0.480 e. The van der Waals surface area contributed by atoms with Gasteiger partial charge in [-0.3, -0.25) is 4.79 Å². The number of hydrogen-bond donors (Lipinski definition) is 2. The normalized spacial score (nSPS) is 19.4. The summed E-state index contributed by atoms with van der Waals surface area (Å²) in [5.41, 5.74) is 0. The van der Waals surface area contributed by atoms with Crippen LogP contribution in [0.2, 0.25) is 0 Å². The summed E-state index contributed by atoms with van der Waals surface area (Å²) < 4.78 is 0. The number of carbonyl (C=O) groups excluding carboxylic acids is 1. The highest BCUT2D eigenvalue weighted by atomic mass is 16.4. The third-order valence-electron chi connectivity index (χ3n) is 3.59. The number of piperazine rings is 1. The van der Waals surface area contributed by atoms with Crippen LogP contribution in [-0.4, -0.2) is 47.6 Å². The summed E-state index contributed by atoms with van der Waals surface area (Å²) in [5, 5.41) is 12.1. The number of rotatable bonds is 8. The maximum atomic E-state index is 12.0. The summed E-state index contributed by atoms with van der Waals surface area (Å²) in [6.45, 7) is 3.73. The molecular weight excluding hydrogens is 244 g/mol. The number of unbranched alkanes of at least 4 members (excludes halogenated alkanes) is 5. The molecule has 110 valence electrons. The molecule has 1 fully saturated rings. The minimum atomic E-state index is -0.913. The van der Waals surface area contributed by atoms with Crippen LogP contribution < -0.4 is 5.32 Å². The van der Waals surface area contributed by atoms with E-state index in [0.717, 1.165) is 12.8 Å². The van der Waals surface area contributed by atoms with Gasteiger partial charge in [0.2, 0.25) is 5.91 Å². The summed E-state index contributed by atoms with van der Waals surface area (Å²) in [6.07, 6.45) is 7.30. The molecule has 0 bridgehead atoms. The van der Waals surface area contributed by atoms with Crippen LogP contribution in [0.3, 0.4) is 0 Å². The van der Waals surface area contributed by atoms with Crippen molar-refractivity contribution in [2.24, 2.45) is 0 Å². The quantitative estimate of drug-likeness (QED) is 0.658. The minimum Gasteiger partial charge on any atom is -0.480 e. The van der Waals surface area contributed by atoms with Crippen LogP contribution in [0.15, 0.2) is 0 Å². The molecule has 19 heavy (non-hydrogen) atoms. The minimum absolute atomic E-state index is 0.00982. The number of hydrogen-bond acceptors (Lipinski definition) is 3. The number of nitrogens with one attached hydrogen (secondary N) is 1. The standard InChI is InChI=1S/C14H26N2O3/c1-2-3-4-5-6-7-8-13(17)16-10-9-15-11-12(16)14(18)19/h12,15H,2-11H2,1H3,(H,18,19). The molecule has 0 aromatic heterocycles. The van der Waals surface area contributed by atoms with Crippen molar-refractivity contribution in [1.82, 2.24) is 10.2 Å². The second kappa shape index (κ2) is 8.91. The van der Waals surface area contributed by atoms with Gasteiger partial charge in [0.25, 0.3) is 0 Å². The lowest BCUT2D eigenvalue weighted by Gasteiger charge is -2.33. The Bertz CT molecular complexity index is 294. The maximum absolute atomic E-state index is 12.0. The van der Waals surface area contributed by atoms with Gasteiger partial charge in [-0.1, -0.05) is 39.0 Å². The number of nitrogens with zero attached hydrogens (tertiary/aromatic N) is 1. The first-order chi connectivity index (χ1) is 9.16. The molecule has 0 radical (unpaired) electrons. The smallest absolute Gasteiger partial charge is 0.327 e. The summed E-state index contributed by atoms with van der Waals surface area (Å²) >= 11 is 0. The Labute approximate surface area is 115 Å². The fourth-order valence-corrected chi connectivity index (χ4v) is 2.42. The predicted molar refractivity (Wildman–Crippen MR) is 74.0 cm³/mol. The fraction of sp³-hybridized carbons (Fsp3) is 0.857. The Morgan fingerprint density at radius 1 is 1.21 bits per heavy atom. The van der Waals surface area contributed by atoms with Crippen molar-refractivity contribution in [3.8, 4) is 0 Å². The lowest BCUT2D eigenvalue weighted by Crippen LogP contribution is -2.56. The summed E-state index contributed by atoms with van der Waals surface area (Å²) in [6, 6.07) is -0.693. The molecule has 2 N–H and O–H groups in total. The van der Waals surface area contributed by atoms with Crippen LogP contribution >= 0.6 is 0 Å². The first-order valence-corrected chi connectivity index (χ1v) is 7.39. The molecule has 1 saturated heterocycles. The molecule has 1 atom stereocenters. The lowest BCUT2D eigenvalue weighted by atomic mass is 10.1. The molecule has 0 aromatic rings. The molecule has 1 aliphatic heterocycles. The highest BCUT2D eigenvalue weighted by molar-refractivity contribution is 5.84. The summed E-state index contributed by atoms with van der Waals surface area (Å²) in [5.74, 6) is -0.923. The number of carboxylic acids is 1. The zero-order valence-electron chi connectivity index (χ0n) is 11.9. The van der Waals surface area contributed by atoms with Gasteiger partial charge in [0.15, 0.2) is 0 Å². The number of carboxylic acid groups (broad SMARTS) is 1. The average molecular weight is 270 g/mol. The van der Waals surface area contributed by atoms with Crippen molar-refractivity contribution in [3.05, 3.63) is 0 Å². The van der Waals surface area contributed by atoms with Gasteiger partial charge in [-0.15, -0.1) is 0 Å². The van der Waals surface area contributed by atoms with Crippen LogP contribution in [0.25, 0.3) is 0 Å². The Morgan fingerprint density at radius 2 is 1.89 bits per heavy atom. The molecule has 0 aliphatic carbocycles. The highest BCUT2D eigenvalue weighted by Gasteiger charge is 2.31. The number of amides is 1. The van der Waals surface area contributed by atoms with E-state index in [1.54, 1.807) is 0 Å². The second-order valence-corrected chi connectivity index (χ2v) is 5.16. The molecule has 1 aliphatic rings. The number of aliphatic carboxylic acids is 1. The van der Waals surface area contributed by atoms with Crippen molar-refractivity contribution in [1.29, 1.82) is 0 Å². The van der Waals surface area contributed by atoms with Crippen molar-refractivity contribution in [2.45, 2.75) is 57.9 Å². The van der Waals surface area contributed by atoms with Crippen molar-refractivity contribution >= 4 is 11.9 Å². The van der Waals surface area contributed by atoms with Crippen molar-refractivity contribution in [3.63, 3.8) is 0 Å². The topological polar surface area (TPSA) is 69.6 Å². The van der Waals surface area contributed by atoms with E-state index in [4.69, 9.17) is 5.11 Å². The van der Waals surface area contributed by atoms with Crippen molar-refractivity contribution < 1.29 is 14.7 Å². The van der Waals surface area contributed by atoms with Gasteiger partial charge in [0.1, 0.15) is 6.04 Å². The van der Waals surface area contributed by atoms with Crippen LogP contribution in [0.1, 0.15) is 51.9 Å². The van der Waals surface area contributed by atoms with Gasteiger partial charge in [-0.25, -0.2) is 4.79 Å². The molecule has 0 aromatic carbocycles. The monoisotopic (exact) mass is 270 g/mol. The molecule has 1 heterocycles. The first-order valence-electron chi connectivity index (χ1n) is 7.39. The van der Waals surface area contributed by atoms with E-state index < -0.39 is 12.0 Å². The maximum Gasteiger partial charge on any atom is 0.327 e. The van der Waals surface area contributed by atoms with E-state index in [9.17, 15) is 9.59 Å². The Balaban J connectivity index is 2.25. The van der Waals surface area contributed by atoms with E-state index in [0.29, 0.717) is 26.1 Å². The van der Waals surface area contributed by atoms with Gasteiger partial charge in [0, 0.05) is 26.1 Å². The molecule has 1 rings (SSSR count). The Morgan fingerprint density at radius 3 is 2.58 bits per heavy atom. The summed E-state index contributed by atoms with van der Waals surface area (Å²) in [4.78, 5) is 24.6. The van der Waals surface area contributed by atoms with Gasteiger partial charge in [-0.2, -0.15) is 0 Å². The Hall–Kier alpha value is -1.10. The predicted octanol–water partition coefficient (Wildman–Crippen LogP) is 1.62. The summed E-state index contributed by atoms with van der Waals surface area (Å²) in [7, 11) is 0. The third kappa shape index (κ3) is 5.59. The zero-order valence-corrected chi connectivity index (χ0v) is 11.9. The lowest BCUT2D eigenvalue weighted by molar-refractivity contribution is -0.151. The van der Waals surface area contributed by atoms with Crippen LogP contribution in [0.5, 0.6) is 0 Å². The van der Waals surface area contributed by atoms with E-state index in [1.165, 1.54) is 30.6 Å². The van der Waals surface area contributed by atoms with Gasteiger partial charge in [-0.05, 0) is 6.42 Å². The average Bonchev–Trinajstić information content (AvgIpc) is 2.42. The van der Waals surface area contributed by atoms with E-state index >= 15 is 0 Å². The molecular formula is C14H26N2O3. The highest BCUT2D eigenvalue weighted by Crippen LogP contribution is 2.11. The molecule has 0 spiro atoms.